The summed E-state index contributed by atoms with van der Waals surface area (Å²) < 4.78 is 0.836. The molecule has 20 heavy (non-hydrogen) atoms. The zero-order valence-electron chi connectivity index (χ0n) is 11.3. The summed E-state index contributed by atoms with van der Waals surface area (Å²) in [5.74, 6) is 0.366. The second kappa shape index (κ2) is 6.47. The number of benzene rings is 1. The Morgan fingerprint density at radius 2 is 2.05 bits per heavy atom. The van der Waals surface area contributed by atoms with Gasteiger partial charge >= 0.3 is 0 Å². The first-order valence-electron chi connectivity index (χ1n) is 6.25. The van der Waals surface area contributed by atoms with Crippen molar-refractivity contribution in [3.8, 4) is 0 Å². The number of hydrogen-bond acceptors (Lipinski definition) is 4. The Labute approximate surface area is 125 Å². The van der Waals surface area contributed by atoms with Crippen molar-refractivity contribution in [2.24, 2.45) is 0 Å². The molecule has 0 radical (unpaired) electrons. The van der Waals surface area contributed by atoms with E-state index in [9.17, 15) is 4.79 Å². The first-order chi connectivity index (χ1) is 9.60. The van der Waals surface area contributed by atoms with Crippen molar-refractivity contribution >= 4 is 33.3 Å². The van der Waals surface area contributed by atoms with E-state index in [2.05, 4.69) is 36.8 Å². The molecule has 0 aliphatic heterocycles. The molecule has 0 aliphatic rings. The minimum absolute atomic E-state index is 0.277. The number of rotatable bonds is 4. The van der Waals surface area contributed by atoms with Crippen LogP contribution in [0.5, 0.6) is 0 Å². The third-order valence-corrected chi connectivity index (χ3v) is 3.28. The van der Waals surface area contributed by atoms with E-state index in [1.54, 1.807) is 12.1 Å². The van der Waals surface area contributed by atoms with Gasteiger partial charge < -0.3 is 10.6 Å². The van der Waals surface area contributed by atoms with Crippen LogP contribution in [0.2, 0.25) is 0 Å². The Balaban J connectivity index is 2.11. The van der Waals surface area contributed by atoms with Crippen molar-refractivity contribution in [1.82, 2.24) is 10.2 Å². The standard InChI is InChI=1S/C14H15BrN4O/c1-3-16-13-7-6-12(18-19-13)14(20)17-11-5-4-9(2)8-10(11)15/h4-8H,3H2,1-2H3,(H,16,19)(H,17,20). The van der Waals surface area contributed by atoms with E-state index in [-0.39, 0.29) is 11.6 Å². The molecule has 5 nitrogen and oxygen atoms in total. The van der Waals surface area contributed by atoms with Gasteiger partial charge in [-0.2, -0.15) is 0 Å². The van der Waals surface area contributed by atoms with Crippen LogP contribution in [0.3, 0.4) is 0 Å². The Morgan fingerprint density at radius 3 is 2.65 bits per heavy atom. The fourth-order valence-electron chi connectivity index (χ4n) is 1.64. The molecule has 6 heteroatoms. The van der Waals surface area contributed by atoms with Crippen molar-refractivity contribution in [2.45, 2.75) is 13.8 Å². The molecule has 0 unspecified atom stereocenters. The number of aromatic nitrogens is 2. The lowest BCUT2D eigenvalue weighted by molar-refractivity contribution is 0.102. The van der Waals surface area contributed by atoms with Gasteiger partial charge in [-0.15, -0.1) is 10.2 Å². The summed E-state index contributed by atoms with van der Waals surface area (Å²) in [5, 5.41) is 13.7. The Kier molecular flexibility index (Phi) is 4.68. The number of nitrogens with zero attached hydrogens (tertiary/aromatic N) is 2. The van der Waals surface area contributed by atoms with Crippen LogP contribution in [0.15, 0.2) is 34.8 Å². The topological polar surface area (TPSA) is 66.9 Å². The Bertz CT molecular complexity index is 613. The van der Waals surface area contributed by atoms with E-state index in [0.717, 1.165) is 16.6 Å². The highest BCUT2D eigenvalue weighted by Crippen LogP contribution is 2.23. The van der Waals surface area contributed by atoms with Gasteiger partial charge in [0, 0.05) is 11.0 Å². The fourth-order valence-corrected chi connectivity index (χ4v) is 2.23. The second-order valence-electron chi connectivity index (χ2n) is 4.27. The maximum Gasteiger partial charge on any atom is 0.276 e. The molecule has 2 aromatic rings. The van der Waals surface area contributed by atoms with Crippen molar-refractivity contribution in [3.05, 3.63) is 46.1 Å². The Morgan fingerprint density at radius 1 is 1.25 bits per heavy atom. The first-order valence-corrected chi connectivity index (χ1v) is 7.04. The van der Waals surface area contributed by atoms with Gasteiger partial charge in [-0.1, -0.05) is 6.07 Å². The van der Waals surface area contributed by atoms with Gasteiger partial charge in [0.1, 0.15) is 5.82 Å². The number of carbonyl (C=O) groups excluding carboxylic acids is 1. The highest BCUT2D eigenvalue weighted by atomic mass is 79.9. The van der Waals surface area contributed by atoms with E-state index in [1.807, 2.05) is 32.0 Å². The molecule has 0 atom stereocenters. The average Bonchev–Trinajstić information content (AvgIpc) is 2.43. The predicted molar refractivity (Wildman–Crippen MR) is 83.0 cm³/mol. The Hall–Kier alpha value is -1.95. The smallest absolute Gasteiger partial charge is 0.276 e. The van der Waals surface area contributed by atoms with Gasteiger partial charge in [-0.05, 0) is 59.6 Å². The number of carbonyl (C=O) groups is 1. The summed E-state index contributed by atoms with van der Waals surface area (Å²) in [4.78, 5) is 12.1. The molecule has 0 bridgehead atoms. The predicted octanol–water partition coefficient (Wildman–Crippen LogP) is 3.23. The van der Waals surface area contributed by atoms with Crippen LogP contribution < -0.4 is 10.6 Å². The number of anilines is 2. The second-order valence-corrected chi connectivity index (χ2v) is 5.13. The van der Waals surface area contributed by atoms with Crippen LogP contribution in [0.1, 0.15) is 23.0 Å². The minimum Gasteiger partial charge on any atom is -0.369 e. The molecule has 1 aromatic carbocycles. The van der Waals surface area contributed by atoms with E-state index < -0.39 is 0 Å². The molecule has 0 saturated carbocycles. The van der Waals surface area contributed by atoms with Gasteiger partial charge in [0.15, 0.2) is 5.69 Å². The third-order valence-electron chi connectivity index (χ3n) is 2.63. The molecule has 0 saturated heterocycles. The van der Waals surface area contributed by atoms with Gasteiger partial charge in [0.05, 0.1) is 5.69 Å². The molecular formula is C14H15BrN4O. The van der Waals surface area contributed by atoms with Crippen LogP contribution in [-0.4, -0.2) is 22.6 Å². The lowest BCUT2D eigenvalue weighted by atomic mass is 10.2. The maximum absolute atomic E-state index is 12.1. The number of hydrogen-bond donors (Lipinski definition) is 2. The van der Waals surface area contributed by atoms with Crippen molar-refractivity contribution < 1.29 is 4.79 Å². The molecule has 1 heterocycles. The van der Waals surface area contributed by atoms with Crippen LogP contribution in [0, 0.1) is 6.92 Å². The van der Waals surface area contributed by atoms with Crippen molar-refractivity contribution in [3.63, 3.8) is 0 Å². The molecule has 2 rings (SSSR count). The normalized spacial score (nSPS) is 10.2. The molecule has 1 aromatic heterocycles. The van der Waals surface area contributed by atoms with Crippen LogP contribution in [0.25, 0.3) is 0 Å². The van der Waals surface area contributed by atoms with E-state index in [1.165, 1.54) is 0 Å². The lowest BCUT2D eigenvalue weighted by Gasteiger charge is -2.08. The average molecular weight is 335 g/mol. The van der Waals surface area contributed by atoms with Crippen LogP contribution in [0.4, 0.5) is 11.5 Å². The molecule has 0 spiro atoms. The van der Waals surface area contributed by atoms with Gasteiger partial charge in [-0.25, -0.2) is 0 Å². The molecule has 104 valence electrons. The van der Waals surface area contributed by atoms with Crippen LogP contribution in [-0.2, 0) is 0 Å². The van der Waals surface area contributed by atoms with Crippen LogP contribution >= 0.6 is 15.9 Å². The number of halogens is 1. The number of nitrogens with one attached hydrogen (secondary N) is 2. The molecule has 2 N–H and O–H groups in total. The molecular weight excluding hydrogens is 320 g/mol. The third kappa shape index (κ3) is 3.54. The monoisotopic (exact) mass is 334 g/mol. The number of aryl methyl sites for hydroxylation is 1. The molecule has 0 fully saturated rings. The highest BCUT2D eigenvalue weighted by molar-refractivity contribution is 9.10. The maximum atomic E-state index is 12.1. The van der Waals surface area contributed by atoms with Crippen molar-refractivity contribution in [2.75, 3.05) is 17.2 Å². The van der Waals surface area contributed by atoms with Gasteiger partial charge in [-0.3, -0.25) is 4.79 Å². The summed E-state index contributed by atoms with van der Waals surface area (Å²) in [6.07, 6.45) is 0. The molecule has 1 amide bonds. The summed E-state index contributed by atoms with van der Waals surface area (Å²) in [6.45, 7) is 4.72. The summed E-state index contributed by atoms with van der Waals surface area (Å²) in [7, 11) is 0. The zero-order valence-corrected chi connectivity index (χ0v) is 12.9. The van der Waals surface area contributed by atoms with Gasteiger partial charge in [0.2, 0.25) is 0 Å². The number of amides is 1. The minimum atomic E-state index is -0.287. The SMILES string of the molecule is CCNc1ccc(C(=O)Nc2ccc(C)cc2Br)nn1. The fraction of sp³-hybridized carbons (Fsp3) is 0.214. The van der Waals surface area contributed by atoms with Gasteiger partial charge in [0.25, 0.3) is 5.91 Å². The zero-order chi connectivity index (χ0) is 14.5. The molecule has 0 aliphatic carbocycles. The van der Waals surface area contributed by atoms with E-state index >= 15 is 0 Å². The highest BCUT2D eigenvalue weighted by Gasteiger charge is 2.10. The van der Waals surface area contributed by atoms with E-state index in [0.29, 0.717) is 11.5 Å². The summed E-state index contributed by atoms with van der Waals surface area (Å²) >= 11 is 3.42. The first kappa shape index (κ1) is 14.5. The lowest BCUT2D eigenvalue weighted by Crippen LogP contribution is -2.15. The van der Waals surface area contributed by atoms with E-state index in [4.69, 9.17) is 0 Å². The van der Waals surface area contributed by atoms with Crippen molar-refractivity contribution in [1.29, 1.82) is 0 Å². The summed E-state index contributed by atoms with van der Waals surface area (Å²) in [5.41, 5.74) is 2.10. The summed E-state index contributed by atoms with van der Waals surface area (Å²) in [6, 6.07) is 9.09. The quantitative estimate of drug-likeness (QED) is 0.900. The largest absolute Gasteiger partial charge is 0.369 e.